The molecule has 1 aliphatic heterocycles. The minimum Gasteiger partial charge on any atom is -0.447 e. The number of nitrogens with zero attached hydrogens (tertiary/aromatic N) is 3. The number of rotatable bonds is 30. The fourth-order valence-electron chi connectivity index (χ4n) is 8.24. The number of aromatic nitrogens is 1. The SMILES string of the molecule is CCCO[C@H](C[C@H](C(C)C)N(CCC)C(=O)[C@@H](CC(=O)[C@H]1CCCCN1C)[C@@H](C)CC)c1nc(C(=O)N[C@@H](Cc2ccccc2)C[C@H](C)C(=O)CNC(=O)OCCOCCN)cs1. The van der Waals surface area contributed by atoms with Crippen LogP contribution in [0.25, 0.3) is 0 Å². The number of nitrogens with one attached hydrogen (secondary N) is 2. The second kappa shape index (κ2) is 28.9. The second-order valence-corrected chi connectivity index (χ2v) is 18.4. The topological polar surface area (TPSA) is 182 Å². The van der Waals surface area contributed by atoms with Gasteiger partial charge in [0.1, 0.15) is 23.4 Å². The molecule has 14 nitrogen and oxygen atoms in total. The molecule has 1 aromatic carbocycles. The molecule has 15 heteroatoms. The van der Waals surface area contributed by atoms with Gasteiger partial charge in [-0.2, -0.15) is 0 Å². The number of likely N-dealkylation sites (N-methyl/N-ethyl adjacent to an activating group) is 1. The van der Waals surface area contributed by atoms with E-state index < -0.39 is 30.1 Å². The molecule has 1 fully saturated rings. The Labute approximate surface area is 381 Å². The molecule has 0 unspecified atom stereocenters. The summed E-state index contributed by atoms with van der Waals surface area (Å²) in [6.07, 6.45) is 5.68. The van der Waals surface area contributed by atoms with Crippen molar-refractivity contribution >= 4 is 40.8 Å². The summed E-state index contributed by atoms with van der Waals surface area (Å²) in [6, 6.07) is 9.01. The van der Waals surface area contributed by atoms with Crippen molar-refractivity contribution in [2.45, 2.75) is 137 Å². The average Bonchev–Trinajstić information content (AvgIpc) is 3.77. The number of ether oxygens (including phenoxy) is 3. The van der Waals surface area contributed by atoms with Crippen molar-refractivity contribution in [3.05, 3.63) is 52.0 Å². The number of likely N-dealkylation sites (tertiary alicyclic amines) is 1. The van der Waals surface area contributed by atoms with E-state index >= 15 is 0 Å². The zero-order valence-corrected chi connectivity index (χ0v) is 40.2. The van der Waals surface area contributed by atoms with Gasteiger partial charge in [0, 0.05) is 61.8 Å². The third-order valence-electron chi connectivity index (χ3n) is 12.1. The van der Waals surface area contributed by atoms with E-state index in [1.165, 1.54) is 11.3 Å². The number of ketones is 2. The van der Waals surface area contributed by atoms with Crippen LogP contribution < -0.4 is 16.4 Å². The van der Waals surface area contributed by atoms with Crippen LogP contribution in [0.5, 0.6) is 0 Å². The maximum Gasteiger partial charge on any atom is 0.407 e. The molecule has 1 aromatic heterocycles. The number of benzene rings is 1. The van der Waals surface area contributed by atoms with E-state index in [1.54, 1.807) is 12.3 Å². The molecule has 1 aliphatic rings. The zero-order chi connectivity index (χ0) is 46.3. The second-order valence-electron chi connectivity index (χ2n) is 17.5. The number of alkyl carbamates (subject to hydrolysis) is 1. The van der Waals surface area contributed by atoms with Crippen molar-refractivity contribution in [1.82, 2.24) is 25.4 Å². The first-order chi connectivity index (χ1) is 30.2. The predicted octanol–water partition coefficient (Wildman–Crippen LogP) is 7.01. The molecule has 0 spiro atoms. The molecule has 2 heterocycles. The van der Waals surface area contributed by atoms with Crippen molar-refractivity contribution < 1.29 is 38.2 Å². The summed E-state index contributed by atoms with van der Waals surface area (Å²) in [5.41, 5.74) is 6.65. The Balaban J connectivity index is 1.79. The van der Waals surface area contributed by atoms with Gasteiger partial charge < -0.3 is 35.5 Å². The Bertz CT molecular complexity index is 1680. The highest BCUT2D eigenvalue weighted by molar-refractivity contribution is 7.09. The number of carbonyl (C=O) groups excluding carboxylic acids is 5. The summed E-state index contributed by atoms with van der Waals surface area (Å²) in [5.74, 6) is -1.14. The number of hydrogen-bond acceptors (Lipinski definition) is 12. The minimum atomic E-state index is -0.712. The van der Waals surface area contributed by atoms with Crippen molar-refractivity contribution in [3.63, 3.8) is 0 Å². The Morgan fingerprint density at radius 1 is 0.968 bits per heavy atom. The number of nitrogens with two attached hydrogens (primary N) is 1. The molecule has 354 valence electrons. The van der Waals surface area contributed by atoms with Crippen molar-refractivity contribution in [2.75, 3.05) is 59.7 Å². The monoisotopic (exact) mass is 899 g/mol. The minimum absolute atomic E-state index is 0.0298. The summed E-state index contributed by atoms with van der Waals surface area (Å²) >= 11 is 1.36. The lowest BCUT2D eigenvalue weighted by Crippen LogP contribution is -2.50. The van der Waals surface area contributed by atoms with Gasteiger partial charge in [0.05, 0.1) is 25.8 Å². The fourth-order valence-corrected chi connectivity index (χ4v) is 9.10. The molecule has 0 bridgehead atoms. The van der Waals surface area contributed by atoms with Crippen molar-refractivity contribution in [3.8, 4) is 0 Å². The van der Waals surface area contributed by atoms with Gasteiger partial charge in [0.25, 0.3) is 5.91 Å². The molecule has 0 radical (unpaired) electrons. The van der Waals surface area contributed by atoms with Gasteiger partial charge in [-0.25, -0.2) is 9.78 Å². The molecule has 4 N–H and O–H groups in total. The molecule has 0 aliphatic carbocycles. The van der Waals surface area contributed by atoms with Crippen LogP contribution in [-0.2, 0) is 35.0 Å². The average molecular weight is 899 g/mol. The third kappa shape index (κ3) is 18.0. The van der Waals surface area contributed by atoms with Gasteiger partial charge in [-0.15, -0.1) is 11.3 Å². The Morgan fingerprint density at radius 2 is 1.71 bits per heavy atom. The highest BCUT2D eigenvalue weighted by Crippen LogP contribution is 2.34. The van der Waals surface area contributed by atoms with E-state index in [4.69, 9.17) is 24.9 Å². The van der Waals surface area contributed by atoms with Crippen LogP contribution in [0.1, 0.15) is 133 Å². The van der Waals surface area contributed by atoms with Gasteiger partial charge in [-0.3, -0.25) is 24.1 Å². The van der Waals surface area contributed by atoms with Crippen LogP contribution in [-0.4, -0.2) is 122 Å². The standard InChI is InChI=1S/C48H78N6O8S/c1-9-21-54(47(58)38(34(6)11-3)29-42(55)40-19-15-16-22-53(40)8)41(33(4)5)30-44(61-23-10-2)46-52-39(32-63-46)45(57)51-37(28-36-17-13-12-14-18-36)27-35(7)43(56)31-50-48(59)62-26-25-60-24-20-49/h12-14,17-18,32-35,37-38,40-41,44H,9-11,15-16,19-31,49H2,1-8H3,(H,50,59)(H,51,57)/t34-,35-,37+,38-,40+,41+,44+/m0/s1. The first kappa shape index (κ1) is 53.6. The first-order valence-electron chi connectivity index (χ1n) is 23.4. The van der Waals surface area contributed by atoms with Gasteiger partial charge in [-0.1, -0.05) is 91.6 Å². The van der Waals surface area contributed by atoms with Gasteiger partial charge >= 0.3 is 6.09 Å². The van der Waals surface area contributed by atoms with Crippen LogP contribution >= 0.6 is 11.3 Å². The summed E-state index contributed by atoms with van der Waals surface area (Å²) in [5, 5.41) is 8.05. The molecule has 1 saturated heterocycles. The Hall–Kier alpha value is -3.76. The van der Waals surface area contributed by atoms with E-state index in [-0.39, 0.29) is 79.2 Å². The smallest absolute Gasteiger partial charge is 0.407 e. The van der Waals surface area contributed by atoms with Crippen LogP contribution in [0.4, 0.5) is 4.79 Å². The number of piperidine rings is 1. The van der Waals surface area contributed by atoms with Gasteiger partial charge in [-0.05, 0) is 69.5 Å². The van der Waals surface area contributed by atoms with E-state index in [1.807, 2.05) is 49.2 Å². The molecule has 2 aromatic rings. The Morgan fingerprint density at radius 3 is 2.37 bits per heavy atom. The fraction of sp³-hybridized carbons (Fsp3) is 0.708. The van der Waals surface area contributed by atoms with Crippen molar-refractivity contribution in [1.29, 1.82) is 0 Å². The van der Waals surface area contributed by atoms with Gasteiger partial charge in [0.2, 0.25) is 5.91 Å². The maximum atomic E-state index is 14.8. The normalized spacial score (nSPS) is 17.3. The predicted molar refractivity (Wildman–Crippen MR) is 249 cm³/mol. The number of Topliss-reactive ketones (excluding diaryl/α,β-unsaturated/α-hetero) is 2. The van der Waals surface area contributed by atoms with Crippen molar-refractivity contribution in [2.24, 2.45) is 29.4 Å². The lowest BCUT2D eigenvalue weighted by molar-refractivity contribution is -0.145. The highest BCUT2D eigenvalue weighted by Gasteiger charge is 2.38. The molecule has 3 amide bonds. The molecule has 7 atom stereocenters. The van der Waals surface area contributed by atoms with E-state index in [2.05, 4.69) is 50.2 Å². The number of thiazole rings is 1. The number of amides is 3. The summed E-state index contributed by atoms with van der Waals surface area (Å²) in [6.45, 7) is 17.1. The largest absolute Gasteiger partial charge is 0.447 e. The van der Waals surface area contributed by atoms with Crippen LogP contribution in [0.3, 0.4) is 0 Å². The molecular formula is C48H78N6O8S. The lowest BCUT2D eigenvalue weighted by Gasteiger charge is -2.40. The summed E-state index contributed by atoms with van der Waals surface area (Å²) < 4.78 is 16.8. The first-order valence-corrected chi connectivity index (χ1v) is 24.3. The molecule has 3 rings (SSSR count). The quantitative estimate of drug-likeness (QED) is 0.0687. The number of hydrogen-bond donors (Lipinski definition) is 3. The lowest BCUT2D eigenvalue weighted by atomic mass is 9.82. The summed E-state index contributed by atoms with van der Waals surface area (Å²) in [7, 11) is 2.02. The van der Waals surface area contributed by atoms with Gasteiger partial charge in [0.15, 0.2) is 11.6 Å². The summed E-state index contributed by atoms with van der Waals surface area (Å²) in [4.78, 5) is 76.9. The van der Waals surface area contributed by atoms with Crippen LogP contribution in [0, 0.1) is 23.7 Å². The van der Waals surface area contributed by atoms with E-state index in [0.717, 1.165) is 50.6 Å². The molecular weight excluding hydrogens is 821 g/mol. The third-order valence-corrected chi connectivity index (χ3v) is 13.1. The Kier molecular flexibility index (Phi) is 24.6. The highest BCUT2D eigenvalue weighted by atomic mass is 32.1. The van der Waals surface area contributed by atoms with Crippen LogP contribution in [0.2, 0.25) is 0 Å². The van der Waals surface area contributed by atoms with E-state index in [9.17, 15) is 24.0 Å². The molecule has 63 heavy (non-hydrogen) atoms. The zero-order valence-electron chi connectivity index (χ0n) is 39.4. The van der Waals surface area contributed by atoms with E-state index in [0.29, 0.717) is 50.6 Å². The molecule has 0 saturated carbocycles. The van der Waals surface area contributed by atoms with Crippen LogP contribution in [0.15, 0.2) is 35.7 Å². The number of carbonyl (C=O) groups is 5. The maximum absolute atomic E-state index is 14.8.